The molecule has 0 radical (unpaired) electrons. The molecule has 0 fully saturated rings. The van der Waals surface area contributed by atoms with Crippen molar-refractivity contribution in [2.24, 2.45) is 5.92 Å². The van der Waals surface area contributed by atoms with Crippen LogP contribution >= 0.6 is 0 Å². The van der Waals surface area contributed by atoms with Gasteiger partial charge in [-0.25, -0.2) is 0 Å². The van der Waals surface area contributed by atoms with Crippen LogP contribution in [0.1, 0.15) is 52.1 Å². The molecule has 2 unspecified atom stereocenters. The highest BCUT2D eigenvalue weighted by molar-refractivity contribution is 5.36. The van der Waals surface area contributed by atoms with E-state index >= 15 is 0 Å². The topological polar surface area (TPSA) is 21.3 Å². The summed E-state index contributed by atoms with van der Waals surface area (Å²) in [6.45, 7) is 8.68. The largest absolute Gasteiger partial charge is 0.491 e. The summed E-state index contributed by atoms with van der Waals surface area (Å²) in [4.78, 5) is 0. The Bertz CT molecular complexity index is 349. The Hall–Kier alpha value is -1.02. The van der Waals surface area contributed by atoms with Gasteiger partial charge in [0.05, 0.1) is 6.10 Å². The molecule has 1 rings (SSSR count). The van der Waals surface area contributed by atoms with Crippen molar-refractivity contribution in [1.29, 1.82) is 0 Å². The van der Waals surface area contributed by atoms with Gasteiger partial charge in [0.15, 0.2) is 0 Å². The summed E-state index contributed by atoms with van der Waals surface area (Å²) in [5, 5.41) is 3.42. The summed E-state index contributed by atoms with van der Waals surface area (Å²) < 4.78 is 5.90. The molecule has 1 aromatic carbocycles. The zero-order valence-corrected chi connectivity index (χ0v) is 12.4. The first kappa shape index (κ1) is 15.0. The summed E-state index contributed by atoms with van der Waals surface area (Å²) in [7, 11) is 2.03. The molecule has 1 N–H and O–H groups in total. The summed E-state index contributed by atoms with van der Waals surface area (Å²) in [6.07, 6.45) is 2.57. The number of nitrogens with one attached hydrogen (secondary N) is 1. The van der Waals surface area contributed by atoms with Gasteiger partial charge in [-0.15, -0.1) is 0 Å². The van der Waals surface area contributed by atoms with E-state index in [4.69, 9.17) is 4.74 Å². The molecule has 0 bridgehead atoms. The molecule has 2 nitrogen and oxygen atoms in total. The third-order valence-electron chi connectivity index (χ3n) is 3.34. The molecule has 0 heterocycles. The van der Waals surface area contributed by atoms with Crippen LogP contribution in [0.4, 0.5) is 0 Å². The van der Waals surface area contributed by atoms with Crippen molar-refractivity contribution in [3.05, 3.63) is 29.8 Å². The average molecular weight is 249 g/mol. The molecule has 1 aromatic rings. The molecule has 2 heteroatoms. The average Bonchev–Trinajstić information content (AvgIpc) is 2.36. The normalized spacial score (nSPS) is 14.6. The zero-order chi connectivity index (χ0) is 13.5. The lowest BCUT2D eigenvalue weighted by Crippen LogP contribution is -2.20. The second-order valence-corrected chi connectivity index (χ2v) is 5.29. The van der Waals surface area contributed by atoms with Gasteiger partial charge >= 0.3 is 0 Å². The minimum atomic E-state index is 0.215. The molecule has 0 saturated heterocycles. The maximum Gasteiger partial charge on any atom is 0.124 e. The van der Waals surface area contributed by atoms with Gasteiger partial charge in [-0.05, 0) is 39.3 Å². The third-order valence-corrected chi connectivity index (χ3v) is 3.34. The van der Waals surface area contributed by atoms with Gasteiger partial charge < -0.3 is 10.1 Å². The van der Waals surface area contributed by atoms with Crippen LogP contribution in [-0.4, -0.2) is 13.2 Å². The van der Waals surface area contributed by atoms with Crippen LogP contribution in [-0.2, 0) is 0 Å². The highest BCUT2D eigenvalue weighted by Crippen LogP contribution is 2.30. The predicted molar refractivity (Wildman–Crippen MR) is 78.1 cm³/mol. The zero-order valence-electron chi connectivity index (χ0n) is 12.4. The number of hydrogen-bond donors (Lipinski definition) is 1. The van der Waals surface area contributed by atoms with Crippen molar-refractivity contribution in [3.63, 3.8) is 0 Å². The third kappa shape index (κ3) is 4.34. The van der Waals surface area contributed by atoms with E-state index in [2.05, 4.69) is 51.2 Å². The SMILES string of the molecule is CCC(C)CC(NC)c1ccccc1OC(C)C. The van der Waals surface area contributed by atoms with Crippen LogP contribution < -0.4 is 10.1 Å². The minimum Gasteiger partial charge on any atom is -0.491 e. The Kier molecular flexibility index (Phi) is 6.20. The maximum absolute atomic E-state index is 5.90. The molecule has 0 saturated carbocycles. The monoisotopic (exact) mass is 249 g/mol. The first-order valence-electron chi connectivity index (χ1n) is 7.01. The number of ether oxygens (including phenoxy) is 1. The van der Waals surface area contributed by atoms with Crippen LogP contribution in [0.3, 0.4) is 0 Å². The van der Waals surface area contributed by atoms with Crippen molar-refractivity contribution < 1.29 is 4.74 Å². The van der Waals surface area contributed by atoms with E-state index < -0.39 is 0 Å². The first-order valence-corrected chi connectivity index (χ1v) is 7.01. The van der Waals surface area contributed by atoms with Gasteiger partial charge in [0.2, 0.25) is 0 Å². The Morgan fingerprint density at radius 2 is 1.83 bits per heavy atom. The lowest BCUT2D eigenvalue weighted by Gasteiger charge is -2.23. The number of benzene rings is 1. The van der Waals surface area contributed by atoms with Crippen molar-refractivity contribution in [1.82, 2.24) is 5.32 Å². The van der Waals surface area contributed by atoms with Gasteiger partial charge in [-0.1, -0.05) is 38.5 Å². The standard InChI is InChI=1S/C16H27NO/c1-6-13(4)11-15(17-5)14-9-7-8-10-16(14)18-12(2)3/h7-10,12-13,15,17H,6,11H2,1-5H3. The molecule has 0 aliphatic rings. The Balaban J connectivity index is 2.90. The number of para-hydroxylation sites is 1. The van der Waals surface area contributed by atoms with Crippen LogP contribution in [0.2, 0.25) is 0 Å². The lowest BCUT2D eigenvalue weighted by atomic mass is 9.94. The molecule has 0 amide bonds. The van der Waals surface area contributed by atoms with Crippen LogP contribution in [0.25, 0.3) is 0 Å². The highest BCUT2D eigenvalue weighted by atomic mass is 16.5. The van der Waals surface area contributed by atoms with E-state index in [0.29, 0.717) is 6.04 Å². The second kappa shape index (κ2) is 7.42. The summed E-state index contributed by atoms with van der Waals surface area (Å²) in [5.41, 5.74) is 1.27. The summed E-state index contributed by atoms with van der Waals surface area (Å²) >= 11 is 0. The smallest absolute Gasteiger partial charge is 0.124 e. The number of hydrogen-bond acceptors (Lipinski definition) is 2. The predicted octanol–water partition coefficient (Wildman–Crippen LogP) is 4.17. The summed E-state index contributed by atoms with van der Waals surface area (Å²) in [6, 6.07) is 8.73. The summed E-state index contributed by atoms with van der Waals surface area (Å²) in [5.74, 6) is 1.73. The van der Waals surface area contributed by atoms with E-state index in [9.17, 15) is 0 Å². The van der Waals surface area contributed by atoms with Gasteiger partial charge in [0.1, 0.15) is 5.75 Å². The molecule has 0 spiro atoms. The molecule has 2 atom stereocenters. The van der Waals surface area contributed by atoms with Gasteiger partial charge in [-0.3, -0.25) is 0 Å². The second-order valence-electron chi connectivity index (χ2n) is 5.29. The Morgan fingerprint density at radius 3 is 2.39 bits per heavy atom. The van der Waals surface area contributed by atoms with Crippen LogP contribution in [0, 0.1) is 5.92 Å². The highest BCUT2D eigenvalue weighted by Gasteiger charge is 2.17. The van der Waals surface area contributed by atoms with Crippen molar-refractivity contribution in [2.75, 3.05) is 7.05 Å². The fraction of sp³-hybridized carbons (Fsp3) is 0.625. The van der Waals surface area contributed by atoms with Crippen molar-refractivity contribution in [3.8, 4) is 5.75 Å². The molecular formula is C16H27NO. The van der Waals surface area contributed by atoms with Crippen molar-refractivity contribution in [2.45, 2.75) is 52.7 Å². The van der Waals surface area contributed by atoms with E-state index in [0.717, 1.165) is 18.1 Å². The molecule has 0 aromatic heterocycles. The fourth-order valence-electron chi connectivity index (χ4n) is 2.10. The lowest BCUT2D eigenvalue weighted by molar-refractivity contribution is 0.236. The van der Waals surface area contributed by atoms with Crippen LogP contribution in [0.15, 0.2) is 24.3 Å². The quantitative estimate of drug-likeness (QED) is 0.783. The number of rotatable bonds is 7. The molecule has 0 aliphatic carbocycles. The van der Waals surface area contributed by atoms with Gasteiger partial charge in [0.25, 0.3) is 0 Å². The minimum absolute atomic E-state index is 0.215. The fourth-order valence-corrected chi connectivity index (χ4v) is 2.10. The van der Waals surface area contributed by atoms with E-state index in [1.165, 1.54) is 12.0 Å². The Labute approximate surface area is 112 Å². The van der Waals surface area contributed by atoms with E-state index in [1.54, 1.807) is 0 Å². The van der Waals surface area contributed by atoms with E-state index in [1.807, 2.05) is 13.1 Å². The molecule has 18 heavy (non-hydrogen) atoms. The maximum atomic E-state index is 5.90. The van der Waals surface area contributed by atoms with E-state index in [-0.39, 0.29) is 6.10 Å². The van der Waals surface area contributed by atoms with Gasteiger partial charge in [0, 0.05) is 11.6 Å². The first-order chi connectivity index (χ1) is 8.58. The molecule has 102 valence electrons. The van der Waals surface area contributed by atoms with Gasteiger partial charge in [-0.2, -0.15) is 0 Å². The molecule has 0 aliphatic heterocycles. The van der Waals surface area contributed by atoms with Crippen molar-refractivity contribution >= 4 is 0 Å². The van der Waals surface area contributed by atoms with Crippen LogP contribution in [0.5, 0.6) is 5.75 Å². The Morgan fingerprint density at radius 1 is 1.17 bits per heavy atom. The molecular weight excluding hydrogens is 222 g/mol.